The molecule has 0 saturated heterocycles. The van der Waals surface area contributed by atoms with Crippen LogP contribution in [0.2, 0.25) is 0 Å². The molecular formula is C7H10IS-. The molecule has 0 radical (unpaired) electrons. The molecule has 0 aliphatic heterocycles. The van der Waals surface area contributed by atoms with Crippen molar-refractivity contribution in [2.24, 2.45) is 0 Å². The predicted molar refractivity (Wildman–Crippen MR) is 38.2 cm³/mol. The average Bonchev–Trinajstić information content (AvgIpc) is 2.15. The van der Waals surface area contributed by atoms with Crippen LogP contribution in [0.25, 0.3) is 0 Å². The average molecular weight is 253 g/mol. The maximum atomic E-state index is 2.30. The van der Waals surface area contributed by atoms with Gasteiger partial charge < -0.3 is 0 Å². The van der Waals surface area contributed by atoms with E-state index in [1.807, 2.05) is 11.3 Å². The molecule has 0 spiro atoms. The molecule has 0 aromatic carbocycles. The minimum absolute atomic E-state index is 0.323. The van der Waals surface area contributed by atoms with Crippen molar-refractivity contribution >= 4 is 11.3 Å². The second-order valence-corrected chi connectivity index (χ2v) is 8.00. The van der Waals surface area contributed by atoms with E-state index in [9.17, 15) is 0 Å². The molecule has 0 unspecified atom stereocenters. The number of hydrogen-bond donors (Lipinski definition) is 0. The van der Waals surface area contributed by atoms with Gasteiger partial charge in [-0.05, 0) is 0 Å². The molecule has 0 N–H and O–H groups in total. The van der Waals surface area contributed by atoms with E-state index < -0.39 is 0 Å². The molecule has 2 heteroatoms. The van der Waals surface area contributed by atoms with E-state index in [0.717, 1.165) is 3.92 Å². The quantitative estimate of drug-likeness (QED) is 0.488. The summed E-state index contributed by atoms with van der Waals surface area (Å²) >= 11 is 2.22. The standard InChI is InChI=1S/C7H10IS/c1-6(2)8-7-4-3-5-9-7/h3-6H,1-2H3/q-1. The third-order valence-electron chi connectivity index (χ3n) is 0.812. The summed E-state index contributed by atoms with van der Waals surface area (Å²) in [4.78, 5) is 0. The second kappa shape index (κ2) is 3.56. The van der Waals surface area contributed by atoms with Gasteiger partial charge >= 0.3 is 70.7 Å². The Hall–Kier alpha value is 0.430. The molecule has 1 rings (SSSR count). The van der Waals surface area contributed by atoms with Gasteiger partial charge in [0, 0.05) is 0 Å². The molecule has 0 saturated carbocycles. The molecule has 1 aromatic rings. The van der Waals surface area contributed by atoms with Gasteiger partial charge in [-0.2, -0.15) is 0 Å². The van der Waals surface area contributed by atoms with Crippen molar-refractivity contribution in [2.75, 3.05) is 0 Å². The van der Waals surface area contributed by atoms with E-state index in [2.05, 4.69) is 31.4 Å². The summed E-state index contributed by atoms with van der Waals surface area (Å²) < 4.78 is 2.52. The van der Waals surface area contributed by atoms with Crippen molar-refractivity contribution < 1.29 is 21.2 Å². The number of rotatable bonds is 2. The van der Waals surface area contributed by atoms with Crippen molar-refractivity contribution in [1.29, 1.82) is 0 Å². The fourth-order valence-electron chi connectivity index (χ4n) is 0.536. The zero-order valence-electron chi connectivity index (χ0n) is 5.60. The summed E-state index contributed by atoms with van der Waals surface area (Å²) in [5.74, 6) is 0. The fourth-order valence-corrected chi connectivity index (χ4v) is 4.75. The van der Waals surface area contributed by atoms with Gasteiger partial charge in [-0.15, -0.1) is 0 Å². The van der Waals surface area contributed by atoms with E-state index in [1.54, 1.807) is 2.88 Å². The Bertz CT molecular complexity index is 155. The van der Waals surface area contributed by atoms with Crippen LogP contribution in [0.3, 0.4) is 0 Å². The maximum absolute atomic E-state index is 2.30. The minimum atomic E-state index is 0.323. The van der Waals surface area contributed by atoms with Gasteiger partial charge in [0.05, 0.1) is 0 Å². The molecule has 0 nitrogen and oxygen atoms in total. The number of alkyl halides is 1. The van der Waals surface area contributed by atoms with Crippen molar-refractivity contribution in [3.05, 3.63) is 20.4 Å². The molecular weight excluding hydrogens is 243 g/mol. The van der Waals surface area contributed by atoms with E-state index in [4.69, 9.17) is 0 Å². The van der Waals surface area contributed by atoms with Crippen LogP contribution >= 0.6 is 11.3 Å². The molecule has 0 aliphatic carbocycles. The molecule has 1 aromatic heterocycles. The summed E-state index contributed by atoms with van der Waals surface area (Å²) in [6.07, 6.45) is 0. The summed E-state index contributed by atoms with van der Waals surface area (Å²) in [6.45, 7) is 4.60. The van der Waals surface area contributed by atoms with Crippen molar-refractivity contribution in [1.82, 2.24) is 0 Å². The molecule has 52 valence electrons. The Morgan fingerprint density at radius 3 is 2.78 bits per heavy atom. The van der Waals surface area contributed by atoms with Gasteiger partial charge in [0.1, 0.15) is 0 Å². The van der Waals surface area contributed by atoms with Gasteiger partial charge in [0.25, 0.3) is 0 Å². The summed E-state index contributed by atoms with van der Waals surface area (Å²) in [7, 11) is 0. The van der Waals surface area contributed by atoms with E-state index in [-0.39, 0.29) is 0 Å². The van der Waals surface area contributed by atoms with Crippen molar-refractivity contribution in [3.63, 3.8) is 0 Å². The zero-order valence-corrected chi connectivity index (χ0v) is 8.57. The Balaban J connectivity index is 2.48. The van der Waals surface area contributed by atoms with Crippen LogP contribution in [0.5, 0.6) is 0 Å². The molecule has 0 aliphatic rings. The number of thiophene rings is 1. The van der Waals surface area contributed by atoms with E-state index in [1.165, 1.54) is 0 Å². The Kier molecular flexibility index (Phi) is 2.98. The van der Waals surface area contributed by atoms with Crippen LogP contribution < -0.4 is 21.2 Å². The first-order valence-electron chi connectivity index (χ1n) is 2.96. The van der Waals surface area contributed by atoms with Gasteiger partial charge in [-0.1, -0.05) is 0 Å². The molecule has 0 fully saturated rings. The van der Waals surface area contributed by atoms with Crippen LogP contribution in [0, 0.1) is 2.88 Å². The molecule has 9 heavy (non-hydrogen) atoms. The Morgan fingerprint density at radius 2 is 2.33 bits per heavy atom. The number of halogens is 1. The van der Waals surface area contributed by atoms with Crippen LogP contribution in [-0.4, -0.2) is 3.92 Å². The molecule has 1 heterocycles. The SMILES string of the molecule is CC(C)[I-]c1cccs1. The van der Waals surface area contributed by atoms with Crippen LogP contribution in [0.15, 0.2) is 17.5 Å². The monoisotopic (exact) mass is 253 g/mol. The van der Waals surface area contributed by atoms with Crippen LogP contribution in [0.4, 0.5) is 0 Å². The first-order chi connectivity index (χ1) is 4.29. The van der Waals surface area contributed by atoms with E-state index >= 15 is 0 Å². The van der Waals surface area contributed by atoms with Gasteiger partial charge in [-0.3, -0.25) is 0 Å². The molecule has 0 bridgehead atoms. The van der Waals surface area contributed by atoms with Crippen molar-refractivity contribution in [2.45, 2.75) is 17.8 Å². The normalized spacial score (nSPS) is 11.0. The van der Waals surface area contributed by atoms with Crippen LogP contribution in [-0.2, 0) is 0 Å². The van der Waals surface area contributed by atoms with Crippen LogP contribution in [0.1, 0.15) is 13.8 Å². The van der Waals surface area contributed by atoms with Gasteiger partial charge in [-0.25, -0.2) is 0 Å². The second-order valence-electron chi connectivity index (χ2n) is 2.04. The first kappa shape index (κ1) is 7.54. The third-order valence-corrected chi connectivity index (χ3v) is 5.05. The Morgan fingerprint density at radius 1 is 1.56 bits per heavy atom. The molecule has 0 atom stereocenters. The zero-order chi connectivity index (χ0) is 6.69. The molecule has 0 amide bonds. The van der Waals surface area contributed by atoms with Crippen molar-refractivity contribution in [3.8, 4) is 0 Å². The Labute approximate surface area is 70.6 Å². The van der Waals surface area contributed by atoms with E-state index in [0.29, 0.717) is 21.2 Å². The summed E-state index contributed by atoms with van der Waals surface area (Å²) in [5, 5.41) is 2.16. The van der Waals surface area contributed by atoms with Gasteiger partial charge in [0.2, 0.25) is 0 Å². The predicted octanol–water partition coefficient (Wildman–Crippen LogP) is -0.585. The van der Waals surface area contributed by atoms with Gasteiger partial charge in [0.15, 0.2) is 0 Å². The fraction of sp³-hybridized carbons (Fsp3) is 0.429. The topological polar surface area (TPSA) is 0 Å². The summed E-state index contributed by atoms with van der Waals surface area (Å²) in [5.41, 5.74) is 0. The third kappa shape index (κ3) is 2.67. The number of hydrogen-bond acceptors (Lipinski definition) is 1. The first-order valence-corrected chi connectivity index (χ1v) is 6.16. The summed E-state index contributed by atoms with van der Waals surface area (Å²) in [6, 6.07) is 4.39.